The van der Waals surface area contributed by atoms with Gasteiger partial charge in [-0.3, -0.25) is 4.79 Å². The summed E-state index contributed by atoms with van der Waals surface area (Å²) in [6.07, 6.45) is 0.845. The predicted octanol–water partition coefficient (Wildman–Crippen LogP) is 3.50. The summed E-state index contributed by atoms with van der Waals surface area (Å²) in [6, 6.07) is 14.0. The van der Waals surface area contributed by atoms with Crippen molar-refractivity contribution < 1.29 is 9.53 Å². The van der Waals surface area contributed by atoms with Crippen molar-refractivity contribution in [2.75, 3.05) is 13.2 Å². The Morgan fingerprint density at radius 1 is 1.17 bits per heavy atom. The summed E-state index contributed by atoms with van der Waals surface area (Å²) in [5, 5.41) is 0. The van der Waals surface area contributed by atoms with Crippen LogP contribution in [0.1, 0.15) is 20.1 Å². The normalized spacial score (nSPS) is 10.5. The average Bonchev–Trinajstić information content (AvgIpc) is 2.82. The van der Waals surface area contributed by atoms with E-state index in [1.165, 1.54) is 16.9 Å². The molecule has 0 fully saturated rings. The molecule has 1 aromatic heterocycles. The maximum Gasteiger partial charge on any atom is 0.198 e. The van der Waals surface area contributed by atoms with Gasteiger partial charge in [0.25, 0.3) is 0 Å². The van der Waals surface area contributed by atoms with Gasteiger partial charge in [-0.15, -0.1) is 11.3 Å². The van der Waals surface area contributed by atoms with Crippen LogP contribution in [0.15, 0.2) is 42.5 Å². The molecule has 0 spiro atoms. The van der Waals surface area contributed by atoms with Gasteiger partial charge in [-0.2, -0.15) is 0 Å². The molecule has 0 saturated heterocycles. The molecule has 2 nitrogen and oxygen atoms in total. The fourth-order valence-corrected chi connectivity index (χ4v) is 2.45. The van der Waals surface area contributed by atoms with E-state index in [0.29, 0.717) is 6.61 Å². The topological polar surface area (TPSA) is 26.3 Å². The largest absolute Gasteiger partial charge is 0.373 e. The Labute approximate surface area is 111 Å². The lowest BCUT2D eigenvalue weighted by molar-refractivity contribution is 0.0769. The van der Waals surface area contributed by atoms with Crippen molar-refractivity contribution in [3.63, 3.8) is 0 Å². The number of aryl methyl sites for hydroxylation is 1. The predicted molar refractivity (Wildman–Crippen MR) is 74.4 cm³/mol. The fraction of sp³-hybridized carbons (Fsp3) is 0.267. The minimum absolute atomic E-state index is 0.0705. The monoisotopic (exact) mass is 260 g/mol. The van der Waals surface area contributed by atoms with Crippen molar-refractivity contribution in [3.05, 3.63) is 57.8 Å². The standard InChI is InChI=1S/C15H16O2S/c1-12-7-8-15(18-12)14(16)11-17-10-9-13-5-3-2-4-6-13/h2-8H,9-11H2,1H3. The number of hydrogen-bond donors (Lipinski definition) is 0. The summed E-state index contributed by atoms with van der Waals surface area (Å²) in [4.78, 5) is 13.7. The second-order valence-corrected chi connectivity index (χ2v) is 5.41. The van der Waals surface area contributed by atoms with Crippen LogP contribution in [-0.2, 0) is 11.2 Å². The Hall–Kier alpha value is -1.45. The minimum atomic E-state index is 0.0705. The number of rotatable bonds is 6. The summed E-state index contributed by atoms with van der Waals surface area (Å²) in [5.74, 6) is 0.0705. The van der Waals surface area contributed by atoms with Gasteiger partial charge in [-0.05, 0) is 31.0 Å². The zero-order valence-corrected chi connectivity index (χ0v) is 11.2. The lowest BCUT2D eigenvalue weighted by Crippen LogP contribution is -2.09. The Kier molecular flexibility index (Phi) is 4.67. The molecule has 0 bridgehead atoms. The molecule has 0 aliphatic heterocycles. The second-order valence-electron chi connectivity index (χ2n) is 4.12. The lowest BCUT2D eigenvalue weighted by Gasteiger charge is -2.02. The first kappa shape index (κ1) is 13.0. The molecule has 2 aromatic rings. The molecule has 0 radical (unpaired) electrons. The van der Waals surface area contributed by atoms with Crippen molar-refractivity contribution in [2.24, 2.45) is 0 Å². The van der Waals surface area contributed by atoms with E-state index in [1.54, 1.807) is 0 Å². The van der Waals surface area contributed by atoms with Crippen LogP contribution in [-0.4, -0.2) is 19.0 Å². The van der Waals surface area contributed by atoms with Gasteiger partial charge < -0.3 is 4.74 Å². The molecular formula is C15H16O2S. The average molecular weight is 260 g/mol. The Bertz CT molecular complexity index is 502. The highest BCUT2D eigenvalue weighted by molar-refractivity contribution is 7.14. The summed E-state index contributed by atoms with van der Waals surface area (Å²) in [5.41, 5.74) is 1.23. The highest BCUT2D eigenvalue weighted by Crippen LogP contribution is 2.15. The van der Waals surface area contributed by atoms with E-state index < -0.39 is 0 Å². The molecule has 2 rings (SSSR count). The van der Waals surface area contributed by atoms with E-state index in [4.69, 9.17) is 4.74 Å². The van der Waals surface area contributed by atoms with E-state index in [-0.39, 0.29) is 12.4 Å². The van der Waals surface area contributed by atoms with Crippen molar-refractivity contribution in [2.45, 2.75) is 13.3 Å². The third-order valence-electron chi connectivity index (χ3n) is 2.63. The van der Waals surface area contributed by atoms with Crippen LogP contribution in [0.5, 0.6) is 0 Å². The molecule has 1 aromatic carbocycles. The van der Waals surface area contributed by atoms with Crippen LogP contribution >= 0.6 is 11.3 Å². The molecule has 0 N–H and O–H groups in total. The first-order valence-electron chi connectivity index (χ1n) is 5.97. The van der Waals surface area contributed by atoms with E-state index in [9.17, 15) is 4.79 Å². The second kappa shape index (κ2) is 6.47. The van der Waals surface area contributed by atoms with Crippen molar-refractivity contribution in [3.8, 4) is 0 Å². The number of carbonyl (C=O) groups is 1. The molecule has 1 heterocycles. The van der Waals surface area contributed by atoms with Crippen LogP contribution < -0.4 is 0 Å². The van der Waals surface area contributed by atoms with Gasteiger partial charge in [0, 0.05) is 4.88 Å². The number of carbonyl (C=O) groups excluding carboxylic acids is 1. The zero-order chi connectivity index (χ0) is 12.8. The summed E-state index contributed by atoms with van der Waals surface area (Å²) in [6.45, 7) is 2.75. The van der Waals surface area contributed by atoms with Gasteiger partial charge in [0.1, 0.15) is 6.61 Å². The molecule has 94 valence electrons. The first-order valence-corrected chi connectivity index (χ1v) is 6.78. The molecule has 0 saturated carbocycles. The Balaban J connectivity index is 1.71. The van der Waals surface area contributed by atoms with Crippen molar-refractivity contribution in [1.82, 2.24) is 0 Å². The molecule has 0 amide bonds. The molecule has 0 unspecified atom stereocenters. The third kappa shape index (κ3) is 3.79. The highest BCUT2D eigenvalue weighted by atomic mass is 32.1. The maximum atomic E-state index is 11.8. The third-order valence-corrected chi connectivity index (χ3v) is 3.67. The minimum Gasteiger partial charge on any atom is -0.373 e. The van der Waals surface area contributed by atoms with E-state index in [0.717, 1.165) is 16.2 Å². The summed E-state index contributed by atoms with van der Waals surface area (Å²) < 4.78 is 5.42. The number of thiophene rings is 1. The molecular weight excluding hydrogens is 244 g/mol. The molecule has 0 aliphatic rings. The van der Waals surface area contributed by atoms with Crippen LogP contribution in [0.3, 0.4) is 0 Å². The number of ketones is 1. The fourth-order valence-electron chi connectivity index (χ4n) is 1.66. The highest BCUT2D eigenvalue weighted by Gasteiger charge is 2.07. The van der Waals surface area contributed by atoms with Crippen LogP contribution in [0, 0.1) is 6.92 Å². The van der Waals surface area contributed by atoms with Gasteiger partial charge in [0.05, 0.1) is 11.5 Å². The molecule has 18 heavy (non-hydrogen) atoms. The van der Waals surface area contributed by atoms with Crippen molar-refractivity contribution in [1.29, 1.82) is 0 Å². The smallest absolute Gasteiger partial charge is 0.198 e. The molecule has 0 atom stereocenters. The summed E-state index contributed by atoms with van der Waals surface area (Å²) >= 11 is 1.52. The zero-order valence-electron chi connectivity index (χ0n) is 10.4. The number of ether oxygens (including phenoxy) is 1. The van der Waals surface area contributed by atoms with Gasteiger partial charge in [-0.25, -0.2) is 0 Å². The molecule has 0 aliphatic carbocycles. The van der Waals surface area contributed by atoms with E-state index >= 15 is 0 Å². The number of Topliss-reactive ketones (excluding diaryl/α,β-unsaturated/α-hetero) is 1. The van der Waals surface area contributed by atoms with E-state index in [2.05, 4.69) is 12.1 Å². The SMILES string of the molecule is Cc1ccc(C(=O)COCCc2ccccc2)s1. The van der Waals surface area contributed by atoms with E-state index in [1.807, 2.05) is 37.3 Å². The van der Waals surface area contributed by atoms with Crippen LogP contribution in [0.25, 0.3) is 0 Å². The lowest BCUT2D eigenvalue weighted by atomic mass is 10.2. The Morgan fingerprint density at radius 2 is 1.94 bits per heavy atom. The van der Waals surface area contributed by atoms with Crippen LogP contribution in [0.2, 0.25) is 0 Å². The van der Waals surface area contributed by atoms with Gasteiger partial charge in [0.15, 0.2) is 5.78 Å². The number of hydrogen-bond acceptors (Lipinski definition) is 3. The molecule has 3 heteroatoms. The quantitative estimate of drug-likeness (QED) is 0.587. The van der Waals surface area contributed by atoms with Gasteiger partial charge >= 0.3 is 0 Å². The van der Waals surface area contributed by atoms with Crippen LogP contribution in [0.4, 0.5) is 0 Å². The maximum absolute atomic E-state index is 11.8. The van der Waals surface area contributed by atoms with Crippen molar-refractivity contribution >= 4 is 17.1 Å². The Morgan fingerprint density at radius 3 is 2.61 bits per heavy atom. The van der Waals surface area contributed by atoms with Gasteiger partial charge in [-0.1, -0.05) is 30.3 Å². The number of benzene rings is 1. The van der Waals surface area contributed by atoms with Gasteiger partial charge in [0.2, 0.25) is 0 Å². The first-order chi connectivity index (χ1) is 8.75. The summed E-state index contributed by atoms with van der Waals surface area (Å²) in [7, 11) is 0.